The summed E-state index contributed by atoms with van der Waals surface area (Å²) < 4.78 is 3.27. The van der Waals surface area contributed by atoms with Crippen molar-refractivity contribution in [1.29, 1.82) is 0 Å². The molecule has 6 aromatic rings. The van der Waals surface area contributed by atoms with Crippen molar-refractivity contribution in [3.8, 4) is 11.6 Å². The molecule has 0 saturated heterocycles. The minimum absolute atomic E-state index is 0. The molecule has 0 atom stereocenters. The molecule has 0 saturated carbocycles. The number of rotatable bonds is 4. The molecular formula is C25H18N8Pt. The normalized spacial score (nSPS) is 11.6. The van der Waals surface area contributed by atoms with Gasteiger partial charge in [-0.15, -0.1) is 0 Å². The van der Waals surface area contributed by atoms with Gasteiger partial charge in [0, 0.05) is 40.2 Å². The Labute approximate surface area is 210 Å². The minimum Gasteiger partial charge on any atom is -0.341 e. The molecule has 0 fully saturated rings. The second-order valence-electron chi connectivity index (χ2n) is 8.18. The van der Waals surface area contributed by atoms with Gasteiger partial charge in [-0.2, -0.15) is 0 Å². The van der Waals surface area contributed by atoms with Crippen LogP contribution in [0.1, 0.15) is 25.2 Å². The Balaban J connectivity index is 0.00000241. The van der Waals surface area contributed by atoms with Crippen molar-refractivity contribution in [2.45, 2.75) is 19.3 Å². The molecule has 34 heavy (non-hydrogen) atoms. The molecule has 0 unspecified atom stereocenters. The van der Waals surface area contributed by atoms with Gasteiger partial charge in [-0.05, 0) is 49.4 Å². The van der Waals surface area contributed by atoms with E-state index in [1.807, 2.05) is 60.7 Å². The molecule has 6 aromatic heterocycles. The van der Waals surface area contributed by atoms with Crippen LogP contribution in [0.15, 0.2) is 73.1 Å². The summed E-state index contributed by atoms with van der Waals surface area (Å²) >= 11 is 0. The molecular weight excluding hydrogens is 607 g/mol. The van der Waals surface area contributed by atoms with Crippen LogP contribution in [-0.4, -0.2) is 39.5 Å². The van der Waals surface area contributed by atoms with Crippen LogP contribution in [0.4, 0.5) is 0 Å². The number of nitrogens with zero attached hydrogens (tertiary/aromatic N) is 8. The SMILES string of the molecule is CC(C)(c1cccc(-n2[c-]c3ncccc3n2)n1)c1cccc(-n2[c-]c3ncccc3n2)n1.[Pt+2]. The van der Waals surface area contributed by atoms with E-state index in [0.29, 0.717) is 22.7 Å². The maximum atomic E-state index is 4.88. The fourth-order valence-corrected chi connectivity index (χ4v) is 3.72. The van der Waals surface area contributed by atoms with Crippen LogP contribution in [0.3, 0.4) is 0 Å². The van der Waals surface area contributed by atoms with Gasteiger partial charge >= 0.3 is 21.1 Å². The number of pyridine rings is 4. The predicted molar refractivity (Wildman–Crippen MR) is 123 cm³/mol. The fraction of sp³-hybridized carbons (Fsp3) is 0.120. The van der Waals surface area contributed by atoms with E-state index in [1.165, 1.54) is 0 Å². The Hall–Kier alpha value is -3.77. The summed E-state index contributed by atoms with van der Waals surface area (Å²) in [5.74, 6) is 1.35. The van der Waals surface area contributed by atoms with Crippen molar-refractivity contribution in [3.05, 3.63) is 96.8 Å². The number of fused-ring (bicyclic) bond motifs is 2. The molecule has 6 rings (SSSR count). The zero-order valence-corrected chi connectivity index (χ0v) is 20.6. The van der Waals surface area contributed by atoms with Crippen molar-refractivity contribution in [2.75, 3.05) is 0 Å². The molecule has 168 valence electrons. The largest absolute Gasteiger partial charge is 2.00 e. The summed E-state index contributed by atoms with van der Waals surface area (Å²) in [6, 6.07) is 19.3. The Kier molecular flexibility index (Phi) is 5.54. The number of hydrogen-bond acceptors (Lipinski definition) is 6. The smallest absolute Gasteiger partial charge is 0.341 e. The Morgan fingerprint density at radius 1 is 0.647 bits per heavy atom. The zero-order valence-electron chi connectivity index (χ0n) is 18.3. The van der Waals surface area contributed by atoms with Gasteiger partial charge in [0.2, 0.25) is 0 Å². The molecule has 0 aromatic carbocycles. The summed E-state index contributed by atoms with van der Waals surface area (Å²) in [6.45, 7) is 4.20. The van der Waals surface area contributed by atoms with Gasteiger partial charge in [0.25, 0.3) is 0 Å². The van der Waals surface area contributed by atoms with Crippen LogP contribution in [0.5, 0.6) is 0 Å². The monoisotopic (exact) mass is 625 g/mol. The van der Waals surface area contributed by atoms with E-state index in [9.17, 15) is 0 Å². The third-order valence-corrected chi connectivity index (χ3v) is 5.60. The molecule has 9 heteroatoms. The van der Waals surface area contributed by atoms with Crippen molar-refractivity contribution in [2.24, 2.45) is 0 Å². The first-order valence-electron chi connectivity index (χ1n) is 10.5. The van der Waals surface area contributed by atoms with Gasteiger partial charge in [-0.1, -0.05) is 48.5 Å². The summed E-state index contributed by atoms with van der Waals surface area (Å²) in [5, 5.41) is 9.10. The average Bonchev–Trinajstić information content (AvgIpc) is 3.49. The van der Waals surface area contributed by atoms with Crippen molar-refractivity contribution in [1.82, 2.24) is 39.5 Å². The van der Waals surface area contributed by atoms with Crippen molar-refractivity contribution in [3.63, 3.8) is 0 Å². The van der Waals surface area contributed by atoms with E-state index in [0.717, 1.165) is 22.4 Å². The first-order chi connectivity index (χ1) is 16.1. The van der Waals surface area contributed by atoms with Crippen molar-refractivity contribution >= 4 is 22.1 Å². The van der Waals surface area contributed by atoms with E-state index in [-0.39, 0.29) is 21.1 Å². The van der Waals surface area contributed by atoms with E-state index < -0.39 is 5.41 Å². The second-order valence-corrected chi connectivity index (χ2v) is 8.18. The minimum atomic E-state index is -0.471. The van der Waals surface area contributed by atoms with Gasteiger partial charge in [0.05, 0.1) is 11.6 Å². The molecule has 0 aliphatic rings. The average molecular weight is 626 g/mol. The van der Waals surface area contributed by atoms with Crippen molar-refractivity contribution < 1.29 is 21.1 Å². The summed E-state index contributed by atoms with van der Waals surface area (Å²) in [5.41, 5.74) is 4.21. The van der Waals surface area contributed by atoms with Crippen LogP contribution >= 0.6 is 0 Å². The van der Waals surface area contributed by atoms with Gasteiger partial charge in [0.1, 0.15) is 0 Å². The maximum absolute atomic E-state index is 4.88. The second kappa shape index (κ2) is 8.54. The predicted octanol–water partition coefficient (Wildman–Crippen LogP) is 3.87. The van der Waals surface area contributed by atoms with Gasteiger partial charge in [-0.25, -0.2) is 0 Å². The fourth-order valence-electron chi connectivity index (χ4n) is 3.72. The van der Waals surface area contributed by atoms with Crippen LogP contribution in [0, 0.1) is 12.4 Å². The van der Waals surface area contributed by atoms with Crippen LogP contribution in [-0.2, 0) is 26.5 Å². The molecule has 0 amide bonds. The van der Waals surface area contributed by atoms with Gasteiger partial charge in [0.15, 0.2) is 0 Å². The summed E-state index contributed by atoms with van der Waals surface area (Å²) in [7, 11) is 0. The zero-order chi connectivity index (χ0) is 22.4. The molecule has 0 radical (unpaired) electrons. The topological polar surface area (TPSA) is 87.2 Å². The van der Waals surface area contributed by atoms with Crippen LogP contribution in [0.25, 0.3) is 33.7 Å². The molecule has 0 aliphatic heterocycles. The van der Waals surface area contributed by atoms with E-state index >= 15 is 0 Å². The molecule has 0 bridgehead atoms. The van der Waals surface area contributed by atoms with Crippen LogP contribution in [0.2, 0.25) is 0 Å². The first-order valence-corrected chi connectivity index (χ1v) is 10.5. The molecule has 0 aliphatic carbocycles. The third kappa shape index (κ3) is 3.80. The molecule has 8 nitrogen and oxygen atoms in total. The Bertz CT molecular complexity index is 1430. The van der Waals surface area contributed by atoms with Gasteiger partial charge in [-0.3, -0.25) is 30.1 Å². The third-order valence-electron chi connectivity index (χ3n) is 5.60. The molecule has 0 spiro atoms. The summed E-state index contributed by atoms with van der Waals surface area (Å²) in [4.78, 5) is 18.4. The quantitative estimate of drug-likeness (QED) is 0.277. The number of hydrogen-bond donors (Lipinski definition) is 0. The molecule has 6 heterocycles. The maximum Gasteiger partial charge on any atom is 2.00 e. The van der Waals surface area contributed by atoms with E-state index in [4.69, 9.17) is 9.97 Å². The first kappa shape index (κ1) is 22.0. The Morgan fingerprint density at radius 2 is 1.12 bits per heavy atom. The summed E-state index contributed by atoms with van der Waals surface area (Å²) in [6.07, 6.45) is 9.79. The van der Waals surface area contributed by atoms with Crippen LogP contribution < -0.4 is 0 Å². The van der Waals surface area contributed by atoms with E-state index in [2.05, 4.69) is 46.4 Å². The molecule has 0 N–H and O–H groups in total. The Morgan fingerprint density at radius 3 is 1.56 bits per heavy atom. The number of aromatic nitrogens is 8. The standard InChI is InChI=1S/C25H18N8.Pt/c1-25(2,21-9-3-11-23(28-21)32-15-19-17(30-32)7-5-13-26-19)22-10-4-12-24(29-22)33-16-20-18(31-33)8-6-14-27-20;/h3-14H,1-2H3;/q-2;+2. The van der Waals surface area contributed by atoms with E-state index in [1.54, 1.807) is 21.8 Å². The van der Waals surface area contributed by atoms with Gasteiger partial charge < -0.3 is 9.36 Å².